The lowest BCUT2D eigenvalue weighted by molar-refractivity contribution is 0.00637. The number of oxazole rings is 1. The Morgan fingerprint density at radius 2 is 2.18 bits per heavy atom. The van der Waals surface area contributed by atoms with Crippen LogP contribution in [-0.4, -0.2) is 32.0 Å². The fraction of sp³-hybridized carbons (Fsp3) is 0.400. The van der Waals surface area contributed by atoms with Crippen molar-refractivity contribution < 1.29 is 13.9 Å². The van der Waals surface area contributed by atoms with Gasteiger partial charge in [-0.3, -0.25) is 0 Å². The Morgan fingerprint density at radius 1 is 1.41 bits per heavy atom. The van der Waals surface area contributed by atoms with Gasteiger partial charge in [0.25, 0.3) is 0 Å². The summed E-state index contributed by atoms with van der Waals surface area (Å²) in [6, 6.07) is 0. The first-order valence-electron chi connectivity index (χ1n) is 5.00. The Bertz CT molecular complexity index is 510. The quantitative estimate of drug-likeness (QED) is 0.792. The largest absolute Gasteiger partial charge is 0.455 e. The highest BCUT2D eigenvalue weighted by atomic mass is 16.6. The van der Waals surface area contributed by atoms with Gasteiger partial charge in [0.05, 0.1) is 0 Å². The summed E-state index contributed by atoms with van der Waals surface area (Å²) in [5.74, 6) is -0.552. The molecular weight excluding hydrogens is 224 g/mol. The number of nitrogens with one attached hydrogen (secondary N) is 1. The van der Waals surface area contributed by atoms with E-state index in [-0.39, 0.29) is 5.69 Å². The van der Waals surface area contributed by atoms with E-state index in [1.54, 1.807) is 20.8 Å². The maximum Gasteiger partial charge on any atom is 0.361 e. The summed E-state index contributed by atoms with van der Waals surface area (Å²) < 4.78 is 10.0. The molecule has 0 atom stereocenters. The molecule has 0 bridgehead atoms. The second-order valence-corrected chi connectivity index (χ2v) is 4.40. The van der Waals surface area contributed by atoms with Crippen LogP contribution in [0.5, 0.6) is 0 Å². The minimum absolute atomic E-state index is 0.0915. The predicted octanol–water partition coefficient (Wildman–Crippen LogP) is 1.41. The zero-order valence-corrected chi connectivity index (χ0v) is 9.72. The third-order valence-corrected chi connectivity index (χ3v) is 1.82. The fourth-order valence-corrected chi connectivity index (χ4v) is 1.21. The molecule has 0 saturated carbocycles. The smallest absolute Gasteiger partial charge is 0.361 e. The fourth-order valence-electron chi connectivity index (χ4n) is 1.21. The number of carbonyl (C=O) groups is 1. The van der Waals surface area contributed by atoms with E-state index >= 15 is 0 Å². The van der Waals surface area contributed by atoms with Gasteiger partial charge in [-0.2, -0.15) is 10.3 Å². The van der Waals surface area contributed by atoms with Crippen LogP contribution >= 0.6 is 0 Å². The lowest BCUT2D eigenvalue weighted by Gasteiger charge is -2.18. The van der Waals surface area contributed by atoms with Gasteiger partial charge in [0.1, 0.15) is 23.3 Å². The average molecular weight is 236 g/mol. The van der Waals surface area contributed by atoms with E-state index in [4.69, 9.17) is 9.15 Å². The highest BCUT2D eigenvalue weighted by Crippen LogP contribution is 2.19. The van der Waals surface area contributed by atoms with Gasteiger partial charge in [0.2, 0.25) is 0 Å². The summed E-state index contributed by atoms with van der Waals surface area (Å²) in [4.78, 5) is 15.7. The van der Waals surface area contributed by atoms with Gasteiger partial charge >= 0.3 is 5.97 Å². The van der Waals surface area contributed by atoms with Crippen molar-refractivity contribution in [1.82, 2.24) is 20.4 Å². The van der Waals surface area contributed by atoms with Gasteiger partial charge in [-0.25, -0.2) is 9.78 Å². The van der Waals surface area contributed by atoms with E-state index in [0.717, 1.165) is 0 Å². The molecule has 2 aromatic rings. The van der Waals surface area contributed by atoms with Gasteiger partial charge in [-0.1, -0.05) is 0 Å². The molecule has 0 radical (unpaired) electrons. The first-order valence-corrected chi connectivity index (χ1v) is 5.00. The zero-order chi connectivity index (χ0) is 12.5. The van der Waals surface area contributed by atoms with Gasteiger partial charge in [-0.05, 0) is 20.8 Å². The molecule has 0 aliphatic rings. The van der Waals surface area contributed by atoms with Crippen molar-refractivity contribution in [3.63, 3.8) is 0 Å². The molecule has 1 N–H and O–H groups in total. The Kier molecular flexibility index (Phi) is 2.66. The molecule has 2 aromatic heterocycles. The van der Waals surface area contributed by atoms with Crippen LogP contribution in [0, 0.1) is 0 Å². The van der Waals surface area contributed by atoms with Crippen LogP contribution in [0.3, 0.4) is 0 Å². The monoisotopic (exact) mass is 236 g/mol. The van der Waals surface area contributed by atoms with Crippen molar-refractivity contribution in [3.8, 4) is 11.4 Å². The van der Waals surface area contributed by atoms with Crippen LogP contribution in [0.25, 0.3) is 11.4 Å². The second-order valence-electron chi connectivity index (χ2n) is 4.40. The highest BCUT2D eigenvalue weighted by Gasteiger charge is 2.25. The van der Waals surface area contributed by atoms with Crippen LogP contribution in [0.15, 0.2) is 17.1 Å². The van der Waals surface area contributed by atoms with E-state index in [1.807, 2.05) is 0 Å². The van der Waals surface area contributed by atoms with E-state index in [0.29, 0.717) is 11.4 Å². The highest BCUT2D eigenvalue weighted by molar-refractivity contribution is 5.93. The Morgan fingerprint density at radius 3 is 2.76 bits per heavy atom. The number of H-pyrrole nitrogens is 1. The number of hydrogen-bond acceptors (Lipinski definition) is 6. The van der Waals surface area contributed by atoms with Crippen molar-refractivity contribution in [3.05, 3.63) is 18.4 Å². The van der Waals surface area contributed by atoms with Crippen molar-refractivity contribution >= 4 is 5.97 Å². The number of carbonyl (C=O) groups excluding carboxylic acids is 1. The maximum atomic E-state index is 11.8. The van der Waals surface area contributed by atoms with Crippen LogP contribution in [-0.2, 0) is 4.74 Å². The van der Waals surface area contributed by atoms with Crippen molar-refractivity contribution in [1.29, 1.82) is 0 Å². The van der Waals surface area contributed by atoms with Crippen LogP contribution in [0.1, 0.15) is 31.3 Å². The third-order valence-electron chi connectivity index (χ3n) is 1.82. The molecule has 0 aromatic carbocycles. The standard InChI is InChI=1S/C10H12N4O3/c1-10(2,3)17-9(15)8-7(12-14-13-8)6-4-16-5-11-6/h4-5H,1-3H3,(H,12,13,14). The molecule has 17 heavy (non-hydrogen) atoms. The normalized spacial score (nSPS) is 11.5. The van der Waals surface area contributed by atoms with Gasteiger partial charge in [0, 0.05) is 0 Å². The molecule has 7 heteroatoms. The van der Waals surface area contributed by atoms with Gasteiger partial charge in [-0.15, -0.1) is 5.10 Å². The van der Waals surface area contributed by atoms with Crippen molar-refractivity contribution in [2.24, 2.45) is 0 Å². The summed E-state index contributed by atoms with van der Waals surface area (Å²) >= 11 is 0. The number of rotatable bonds is 2. The summed E-state index contributed by atoms with van der Waals surface area (Å²) in [6.45, 7) is 5.34. The van der Waals surface area contributed by atoms with E-state index in [9.17, 15) is 4.79 Å². The molecule has 7 nitrogen and oxygen atoms in total. The molecule has 2 rings (SSSR count). The van der Waals surface area contributed by atoms with E-state index < -0.39 is 11.6 Å². The molecule has 0 spiro atoms. The van der Waals surface area contributed by atoms with Crippen LogP contribution in [0.2, 0.25) is 0 Å². The van der Waals surface area contributed by atoms with Gasteiger partial charge < -0.3 is 9.15 Å². The molecule has 2 heterocycles. The van der Waals surface area contributed by atoms with Gasteiger partial charge in [0.15, 0.2) is 12.1 Å². The van der Waals surface area contributed by atoms with Crippen LogP contribution < -0.4 is 0 Å². The predicted molar refractivity (Wildman–Crippen MR) is 57.0 cm³/mol. The Hall–Kier alpha value is -2.18. The number of nitrogens with zero attached hydrogens (tertiary/aromatic N) is 3. The first-order chi connectivity index (χ1) is 7.97. The molecule has 0 fully saturated rings. The number of aromatic amines is 1. The second kappa shape index (κ2) is 4.00. The summed E-state index contributed by atoms with van der Waals surface area (Å²) in [5.41, 5.74) is 0.248. The summed E-state index contributed by atoms with van der Waals surface area (Å²) in [7, 11) is 0. The maximum absolute atomic E-state index is 11.8. The number of esters is 1. The lowest BCUT2D eigenvalue weighted by Crippen LogP contribution is -2.24. The number of hydrogen-bond donors (Lipinski definition) is 1. The molecular formula is C10H12N4O3. The SMILES string of the molecule is CC(C)(C)OC(=O)c1n[nH]nc1-c1cocn1. The first kappa shape index (κ1) is 11.3. The zero-order valence-electron chi connectivity index (χ0n) is 9.72. The Labute approximate surface area is 97.2 Å². The third kappa shape index (κ3) is 2.49. The van der Waals surface area contributed by atoms with Crippen molar-refractivity contribution in [2.75, 3.05) is 0 Å². The topological polar surface area (TPSA) is 93.9 Å². The number of aromatic nitrogens is 4. The number of ether oxygens (including phenoxy) is 1. The van der Waals surface area contributed by atoms with Crippen LogP contribution in [0.4, 0.5) is 0 Å². The van der Waals surface area contributed by atoms with Crippen molar-refractivity contribution in [2.45, 2.75) is 26.4 Å². The molecule has 0 unspecified atom stereocenters. The lowest BCUT2D eigenvalue weighted by atomic mass is 10.2. The minimum atomic E-state index is -0.586. The Balaban J connectivity index is 2.29. The molecule has 0 amide bonds. The summed E-state index contributed by atoms with van der Waals surface area (Å²) in [6.07, 6.45) is 2.63. The van der Waals surface area contributed by atoms with E-state index in [1.165, 1.54) is 12.7 Å². The average Bonchev–Trinajstić information content (AvgIpc) is 2.85. The minimum Gasteiger partial charge on any atom is -0.455 e. The van der Waals surface area contributed by atoms with E-state index in [2.05, 4.69) is 20.4 Å². The molecule has 0 saturated heterocycles. The molecule has 0 aliphatic heterocycles. The molecule has 90 valence electrons. The summed E-state index contributed by atoms with van der Waals surface area (Å²) in [5, 5.41) is 9.99. The molecule has 0 aliphatic carbocycles.